The highest BCUT2D eigenvalue weighted by Gasteiger charge is 2.27. The SMILES string of the molecule is Cc1cc(C(=O)Nc2cccc(CC(F)(F)F)c2)ccc1F. The number of amides is 1. The zero-order valence-corrected chi connectivity index (χ0v) is 11.7. The first kappa shape index (κ1) is 16.0. The van der Waals surface area contributed by atoms with Crippen LogP contribution in [0.2, 0.25) is 0 Å². The highest BCUT2D eigenvalue weighted by Crippen LogP contribution is 2.23. The third-order valence-corrected chi connectivity index (χ3v) is 3.01. The fourth-order valence-electron chi connectivity index (χ4n) is 1.98. The van der Waals surface area contributed by atoms with Crippen LogP contribution in [0.4, 0.5) is 23.2 Å². The van der Waals surface area contributed by atoms with E-state index in [9.17, 15) is 22.4 Å². The maximum absolute atomic E-state index is 13.2. The Bertz CT molecular complexity index is 695. The van der Waals surface area contributed by atoms with Crippen molar-refractivity contribution in [1.29, 1.82) is 0 Å². The Kier molecular flexibility index (Phi) is 4.49. The predicted octanol–water partition coefficient (Wildman–Crippen LogP) is 4.49. The van der Waals surface area contributed by atoms with Gasteiger partial charge in [0, 0.05) is 11.3 Å². The average molecular weight is 311 g/mol. The summed E-state index contributed by atoms with van der Waals surface area (Å²) in [6, 6.07) is 9.40. The zero-order chi connectivity index (χ0) is 16.3. The smallest absolute Gasteiger partial charge is 0.322 e. The molecule has 0 aliphatic rings. The number of carbonyl (C=O) groups excluding carboxylic acids is 1. The number of nitrogens with one attached hydrogen (secondary N) is 1. The monoisotopic (exact) mass is 311 g/mol. The minimum Gasteiger partial charge on any atom is -0.322 e. The Balaban J connectivity index is 2.14. The zero-order valence-electron chi connectivity index (χ0n) is 11.7. The van der Waals surface area contributed by atoms with Crippen LogP contribution in [0.5, 0.6) is 0 Å². The van der Waals surface area contributed by atoms with Crippen molar-refractivity contribution in [3.05, 3.63) is 65.0 Å². The summed E-state index contributed by atoms with van der Waals surface area (Å²) in [6.07, 6.45) is -5.37. The number of hydrogen-bond acceptors (Lipinski definition) is 1. The summed E-state index contributed by atoms with van der Waals surface area (Å²) in [7, 11) is 0. The Labute approximate surface area is 124 Å². The molecule has 0 saturated heterocycles. The highest BCUT2D eigenvalue weighted by molar-refractivity contribution is 6.04. The summed E-state index contributed by atoms with van der Waals surface area (Å²) in [5.41, 5.74) is 0.868. The van der Waals surface area contributed by atoms with E-state index in [1.54, 1.807) is 0 Å². The minimum absolute atomic E-state index is 0.0561. The molecule has 2 rings (SSSR count). The third-order valence-electron chi connectivity index (χ3n) is 3.01. The van der Waals surface area contributed by atoms with Crippen LogP contribution in [-0.2, 0) is 6.42 Å². The van der Waals surface area contributed by atoms with Crippen LogP contribution in [-0.4, -0.2) is 12.1 Å². The molecule has 0 saturated carbocycles. The van der Waals surface area contributed by atoms with Crippen molar-refractivity contribution in [2.45, 2.75) is 19.5 Å². The van der Waals surface area contributed by atoms with Crippen LogP contribution in [0, 0.1) is 12.7 Å². The van der Waals surface area contributed by atoms with E-state index in [1.165, 1.54) is 49.4 Å². The maximum Gasteiger partial charge on any atom is 0.393 e. The normalized spacial score (nSPS) is 11.3. The molecule has 1 amide bonds. The molecule has 2 aromatic carbocycles. The first-order valence-corrected chi connectivity index (χ1v) is 6.48. The quantitative estimate of drug-likeness (QED) is 0.831. The summed E-state index contributed by atoms with van der Waals surface area (Å²) >= 11 is 0. The lowest BCUT2D eigenvalue weighted by Crippen LogP contribution is -2.14. The molecule has 0 radical (unpaired) electrons. The van der Waals surface area contributed by atoms with Crippen molar-refractivity contribution in [1.82, 2.24) is 0 Å². The first-order chi connectivity index (χ1) is 10.2. The Hall–Kier alpha value is -2.37. The van der Waals surface area contributed by atoms with E-state index >= 15 is 0 Å². The molecule has 116 valence electrons. The standard InChI is InChI=1S/C16H13F4NO/c1-10-7-12(5-6-14(10)17)15(22)21-13-4-2-3-11(8-13)9-16(18,19)20/h2-8H,9H2,1H3,(H,21,22). The molecule has 0 aliphatic heterocycles. The van der Waals surface area contributed by atoms with Crippen molar-refractivity contribution >= 4 is 11.6 Å². The molecule has 22 heavy (non-hydrogen) atoms. The maximum atomic E-state index is 13.2. The molecule has 2 nitrogen and oxygen atoms in total. The number of hydrogen-bond donors (Lipinski definition) is 1. The van der Waals surface area contributed by atoms with E-state index in [-0.39, 0.29) is 16.8 Å². The van der Waals surface area contributed by atoms with Gasteiger partial charge in [0.2, 0.25) is 0 Å². The van der Waals surface area contributed by atoms with Gasteiger partial charge in [-0.2, -0.15) is 13.2 Å². The van der Waals surface area contributed by atoms with Crippen LogP contribution < -0.4 is 5.32 Å². The van der Waals surface area contributed by atoms with Crippen LogP contribution in [0.1, 0.15) is 21.5 Å². The molecular formula is C16H13F4NO. The third kappa shape index (κ3) is 4.31. The molecule has 0 fully saturated rings. The van der Waals surface area contributed by atoms with E-state index in [4.69, 9.17) is 0 Å². The molecule has 0 heterocycles. The number of halogens is 4. The number of benzene rings is 2. The molecule has 0 aromatic heterocycles. The molecule has 0 atom stereocenters. The predicted molar refractivity (Wildman–Crippen MR) is 75.3 cm³/mol. The van der Waals surface area contributed by atoms with Crippen molar-refractivity contribution < 1.29 is 22.4 Å². The van der Waals surface area contributed by atoms with E-state index in [0.717, 1.165) is 0 Å². The first-order valence-electron chi connectivity index (χ1n) is 6.48. The van der Waals surface area contributed by atoms with Crippen molar-refractivity contribution in [3.8, 4) is 0 Å². The lowest BCUT2D eigenvalue weighted by atomic mass is 10.1. The molecule has 0 spiro atoms. The van der Waals surface area contributed by atoms with Gasteiger partial charge in [-0.1, -0.05) is 12.1 Å². The molecule has 2 aromatic rings. The Morgan fingerprint density at radius 3 is 2.50 bits per heavy atom. The van der Waals surface area contributed by atoms with Gasteiger partial charge < -0.3 is 5.32 Å². The second kappa shape index (κ2) is 6.17. The average Bonchev–Trinajstić information content (AvgIpc) is 2.40. The van der Waals surface area contributed by atoms with E-state index in [1.807, 2.05) is 0 Å². The van der Waals surface area contributed by atoms with Crippen LogP contribution in [0.15, 0.2) is 42.5 Å². The van der Waals surface area contributed by atoms with Gasteiger partial charge >= 0.3 is 6.18 Å². The topological polar surface area (TPSA) is 29.1 Å². The van der Waals surface area contributed by atoms with Crippen molar-refractivity contribution in [2.24, 2.45) is 0 Å². The summed E-state index contributed by atoms with van der Waals surface area (Å²) < 4.78 is 50.2. The van der Waals surface area contributed by atoms with Crippen molar-refractivity contribution in [2.75, 3.05) is 5.32 Å². The van der Waals surface area contributed by atoms with Gasteiger partial charge in [-0.25, -0.2) is 4.39 Å². The van der Waals surface area contributed by atoms with Gasteiger partial charge in [-0.05, 0) is 48.4 Å². The van der Waals surface area contributed by atoms with Gasteiger partial charge in [0.05, 0.1) is 6.42 Å². The van der Waals surface area contributed by atoms with Crippen LogP contribution in [0.3, 0.4) is 0 Å². The molecule has 0 bridgehead atoms. The van der Waals surface area contributed by atoms with Gasteiger partial charge in [0.25, 0.3) is 5.91 Å². The Morgan fingerprint density at radius 1 is 1.14 bits per heavy atom. The second-order valence-electron chi connectivity index (χ2n) is 4.91. The number of alkyl halides is 3. The second-order valence-corrected chi connectivity index (χ2v) is 4.91. The van der Waals surface area contributed by atoms with Gasteiger partial charge in [0.15, 0.2) is 0 Å². The fraction of sp³-hybridized carbons (Fsp3) is 0.188. The van der Waals surface area contributed by atoms with Gasteiger partial charge in [0.1, 0.15) is 5.82 Å². The molecule has 6 heteroatoms. The van der Waals surface area contributed by atoms with E-state index in [2.05, 4.69) is 5.32 Å². The van der Waals surface area contributed by atoms with Gasteiger partial charge in [-0.3, -0.25) is 4.79 Å². The minimum atomic E-state index is -4.31. The highest BCUT2D eigenvalue weighted by atomic mass is 19.4. The van der Waals surface area contributed by atoms with Crippen molar-refractivity contribution in [3.63, 3.8) is 0 Å². The molecule has 1 N–H and O–H groups in total. The van der Waals surface area contributed by atoms with Gasteiger partial charge in [-0.15, -0.1) is 0 Å². The largest absolute Gasteiger partial charge is 0.393 e. The summed E-state index contributed by atoms with van der Waals surface area (Å²) in [4.78, 5) is 12.0. The number of rotatable bonds is 3. The molecule has 0 unspecified atom stereocenters. The summed E-state index contributed by atoms with van der Waals surface area (Å²) in [5.74, 6) is -0.934. The lowest BCUT2D eigenvalue weighted by molar-refractivity contribution is -0.127. The molecule has 0 aliphatic carbocycles. The number of carbonyl (C=O) groups is 1. The summed E-state index contributed by atoms with van der Waals surface area (Å²) in [6.45, 7) is 1.52. The van der Waals surface area contributed by atoms with Crippen LogP contribution >= 0.6 is 0 Å². The van der Waals surface area contributed by atoms with E-state index in [0.29, 0.717) is 5.56 Å². The van der Waals surface area contributed by atoms with Crippen LogP contribution in [0.25, 0.3) is 0 Å². The fourth-order valence-corrected chi connectivity index (χ4v) is 1.98. The Morgan fingerprint density at radius 2 is 1.86 bits per heavy atom. The lowest BCUT2D eigenvalue weighted by Gasteiger charge is -2.10. The van der Waals surface area contributed by atoms with E-state index < -0.39 is 24.3 Å². The summed E-state index contributed by atoms with van der Waals surface area (Å²) in [5, 5.41) is 2.50. The number of anilines is 1. The number of aryl methyl sites for hydroxylation is 1. The molecular weight excluding hydrogens is 298 g/mol.